The van der Waals surface area contributed by atoms with Gasteiger partial charge < -0.3 is 4.74 Å². The van der Waals surface area contributed by atoms with Crippen molar-refractivity contribution >= 4 is 28.4 Å². The van der Waals surface area contributed by atoms with Gasteiger partial charge in [-0.05, 0) is 45.0 Å². The number of aromatic nitrogens is 4. The number of fused-ring (bicyclic) bond motifs is 1. The first-order valence-corrected chi connectivity index (χ1v) is 10.6. The first-order chi connectivity index (χ1) is 14.5. The van der Waals surface area contributed by atoms with E-state index in [-0.39, 0.29) is 11.5 Å². The summed E-state index contributed by atoms with van der Waals surface area (Å²) in [7, 11) is 1.59. The van der Waals surface area contributed by atoms with Crippen LogP contribution in [0, 0.1) is 20.8 Å². The van der Waals surface area contributed by atoms with Crippen molar-refractivity contribution in [2.45, 2.75) is 25.8 Å². The van der Waals surface area contributed by atoms with Crippen molar-refractivity contribution in [2.24, 2.45) is 0 Å². The molecule has 6 nitrogen and oxygen atoms in total. The Balaban J connectivity index is 1.66. The van der Waals surface area contributed by atoms with Crippen LogP contribution in [0.1, 0.15) is 27.3 Å². The number of aryl methyl sites for hydroxylation is 3. The molecule has 0 fully saturated rings. The molecule has 0 aliphatic carbocycles. The maximum absolute atomic E-state index is 12.7. The highest BCUT2D eigenvalue weighted by Crippen LogP contribution is 2.30. The summed E-state index contributed by atoms with van der Waals surface area (Å²) in [5.41, 5.74) is 5.38. The normalized spacial score (nSPS) is 11.1. The molecule has 0 N–H and O–H groups in total. The van der Waals surface area contributed by atoms with Gasteiger partial charge in [0.05, 0.1) is 29.9 Å². The Morgan fingerprint density at radius 1 is 1.07 bits per heavy atom. The van der Waals surface area contributed by atoms with E-state index in [9.17, 15) is 4.79 Å². The Morgan fingerprint density at radius 3 is 2.57 bits per heavy atom. The van der Waals surface area contributed by atoms with Crippen molar-refractivity contribution in [3.05, 3.63) is 71.0 Å². The number of hydrogen-bond donors (Lipinski definition) is 0. The van der Waals surface area contributed by atoms with Crippen molar-refractivity contribution in [2.75, 3.05) is 12.9 Å². The Hall–Kier alpha value is -3.19. The zero-order chi connectivity index (χ0) is 21.3. The second-order valence-corrected chi connectivity index (χ2v) is 8.05. The fraction of sp³-hybridized carbons (Fsp3) is 0.217. The molecule has 0 aliphatic rings. The third-order valence-electron chi connectivity index (χ3n) is 4.98. The predicted molar refractivity (Wildman–Crippen MR) is 119 cm³/mol. The number of methoxy groups -OCH3 is 1. The van der Waals surface area contributed by atoms with Crippen LogP contribution < -0.4 is 4.74 Å². The average molecular weight is 419 g/mol. The van der Waals surface area contributed by atoms with Gasteiger partial charge >= 0.3 is 0 Å². The maximum atomic E-state index is 12.7. The number of ether oxygens (including phenoxy) is 1. The molecule has 0 saturated heterocycles. The van der Waals surface area contributed by atoms with E-state index in [2.05, 4.69) is 29.3 Å². The van der Waals surface area contributed by atoms with Crippen molar-refractivity contribution in [1.82, 2.24) is 20.0 Å². The van der Waals surface area contributed by atoms with Crippen LogP contribution in [0.2, 0.25) is 0 Å². The standard InChI is InChI=1S/C23H22N4O2S/c1-14-8-10-18(11-9-14)27-16(3)21-15(2)24-25-23(22(21)26-27)30-13-20(28)17-6-5-7-19(12-17)29-4/h5-12H,13H2,1-4H3. The van der Waals surface area contributed by atoms with E-state index in [4.69, 9.17) is 9.84 Å². The quantitative estimate of drug-likeness (QED) is 0.333. The summed E-state index contributed by atoms with van der Waals surface area (Å²) in [6.07, 6.45) is 0. The highest BCUT2D eigenvalue weighted by atomic mass is 32.2. The summed E-state index contributed by atoms with van der Waals surface area (Å²) in [4.78, 5) is 12.7. The van der Waals surface area contributed by atoms with Crippen molar-refractivity contribution in [3.8, 4) is 11.4 Å². The summed E-state index contributed by atoms with van der Waals surface area (Å²) < 4.78 is 7.12. The Labute approximate surface area is 179 Å². The van der Waals surface area contributed by atoms with E-state index in [0.29, 0.717) is 16.3 Å². The van der Waals surface area contributed by atoms with Gasteiger partial charge in [-0.25, -0.2) is 4.68 Å². The van der Waals surface area contributed by atoms with Crippen LogP contribution in [0.5, 0.6) is 5.75 Å². The molecule has 0 atom stereocenters. The molecule has 0 saturated carbocycles. The Bertz CT molecular complexity index is 1230. The molecule has 0 amide bonds. The van der Waals surface area contributed by atoms with Gasteiger partial charge in [0.2, 0.25) is 0 Å². The lowest BCUT2D eigenvalue weighted by Crippen LogP contribution is -2.03. The van der Waals surface area contributed by atoms with E-state index in [1.165, 1.54) is 17.3 Å². The molecular weight excluding hydrogens is 396 g/mol. The number of thioether (sulfide) groups is 1. The molecule has 0 aliphatic heterocycles. The first-order valence-electron chi connectivity index (χ1n) is 9.57. The summed E-state index contributed by atoms with van der Waals surface area (Å²) in [6, 6.07) is 15.4. The third kappa shape index (κ3) is 3.80. The molecule has 152 valence electrons. The molecule has 2 heterocycles. The molecule has 4 rings (SSSR count). The Kier molecular flexibility index (Phi) is 5.55. The number of ketones is 1. The first kappa shape index (κ1) is 20.1. The van der Waals surface area contributed by atoms with Crippen molar-refractivity contribution < 1.29 is 9.53 Å². The number of carbonyl (C=O) groups is 1. The number of Topliss-reactive ketones (excluding diaryl/α,β-unsaturated/α-hetero) is 1. The molecule has 30 heavy (non-hydrogen) atoms. The van der Waals surface area contributed by atoms with Gasteiger partial charge in [0.1, 0.15) is 16.3 Å². The molecule has 7 heteroatoms. The van der Waals surface area contributed by atoms with Crippen LogP contribution in [0.4, 0.5) is 0 Å². The lowest BCUT2D eigenvalue weighted by Gasteiger charge is -2.04. The Morgan fingerprint density at radius 2 is 1.83 bits per heavy atom. The van der Waals surface area contributed by atoms with E-state index in [1.807, 2.05) is 42.8 Å². The largest absolute Gasteiger partial charge is 0.497 e. The van der Waals surface area contributed by atoms with Crippen LogP contribution in [0.3, 0.4) is 0 Å². The van der Waals surface area contributed by atoms with E-state index < -0.39 is 0 Å². The molecule has 4 aromatic rings. The smallest absolute Gasteiger partial charge is 0.173 e. The summed E-state index contributed by atoms with van der Waals surface area (Å²) in [6.45, 7) is 6.02. The second kappa shape index (κ2) is 8.28. The molecule has 2 aromatic carbocycles. The van der Waals surface area contributed by atoms with E-state index in [0.717, 1.165) is 28.0 Å². The number of nitrogens with zero attached hydrogens (tertiary/aromatic N) is 4. The van der Waals surface area contributed by atoms with Gasteiger partial charge in [-0.1, -0.05) is 41.6 Å². The minimum Gasteiger partial charge on any atom is -0.497 e. The predicted octanol–water partition coefficient (Wildman–Crippen LogP) is 4.72. The topological polar surface area (TPSA) is 69.9 Å². The van der Waals surface area contributed by atoms with Crippen LogP contribution in [-0.4, -0.2) is 38.6 Å². The van der Waals surface area contributed by atoms with Crippen LogP contribution in [0.15, 0.2) is 53.6 Å². The molecule has 0 radical (unpaired) electrons. The number of rotatable bonds is 6. The third-order valence-corrected chi connectivity index (χ3v) is 5.94. The van der Waals surface area contributed by atoms with Crippen LogP contribution >= 0.6 is 11.8 Å². The number of carbonyl (C=O) groups excluding carboxylic acids is 1. The minimum absolute atomic E-state index is 0.00381. The van der Waals surface area contributed by atoms with Crippen molar-refractivity contribution in [3.63, 3.8) is 0 Å². The molecule has 2 aromatic heterocycles. The monoisotopic (exact) mass is 418 g/mol. The minimum atomic E-state index is 0.00381. The van der Waals surface area contributed by atoms with Gasteiger partial charge in [-0.2, -0.15) is 10.2 Å². The van der Waals surface area contributed by atoms with Crippen molar-refractivity contribution in [1.29, 1.82) is 0 Å². The van der Waals surface area contributed by atoms with Crippen LogP contribution in [-0.2, 0) is 0 Å². The van der Waals surface area contributed by atoms with Gasteiger partial charge in [-0.15, -0.1) is 5.10 Å². The molecule has 0 bridgehead atoms. The number of hydrogen-bond acceptors (Lipinski definition) is 6. The highest BCUT2D eigenvalue weighted by molar-refractivity contribution is 8.00. The zero-order valence-electron chi connectivity index (χ0n) is 17.3. The van der Waals surface area contributed by atoms with Gasteiger partial charge in [0.15, 0.2) is 5.78 Å². The fourth-order valence-electron chi connectivity index (χ4n) is 3.35. The summed E-state index contributed by atoms with van der Waals surface area (Å²) >= 11 is 1.35. The number of benzene rings is 2. The second-order valence-electron chi connectivity index (χ2n) is 7.09. The molecule has 0 unspecified atom stereocenters. The van der Waals surface area contributed by atoms with Gasteiger partial charge in [0, 0.05) is 10.9 Å². The van der Waals surface area contributed by atoms with Crippen LogP contribution in [0.25, 0.3) is 16.6 Å². The highest BCUT2D eigenvalue weighted by Gasteiger charge is 2.18. The summed E-state index contributed by atoms with van der Waals surface area (Å²) in [5, 5.41) is 15.1. The fourth-order valence-corrected chi connectivity index (χ4v) is 4.16. The van der Waals surface area contributed by atoms with E-state index in [1.54, 1.807) is 19.2 Å². The lowest BCUT2D eigenvalue weighted by atomic mass is 10.1. The van der Waals surface area contributed by atoms with E-state index >= 15 is 0 Å². The van der Waals surface area contributed by atoms with Gasteiger partial charge in [-0.3, -0.25) is 4.79 Å². The van der Waals surface area contributed by atoms with Gasteiger partial charge in [0.25, 0.3) is 0 Å². The lowest BCUT2D eigenvalue weighted by molar-refractivity contribution is 0.102. The SMILES string of the molecule is COc1cccc(C(=O)CSc2nnc(C)c3c(C)n(-c4ccc(C)cc4)nc23)c1. The average Bonchev–Trinajstić information content (AvgIpc) is 3.12. The maximum Gasteiger partial charge on any atom is 0.173 e. The molecular formula is C23H22N4O2S. The zero-order valence-corrected chi connectivity index (χ0v) is 18.2. The molecule has 0 spiro atoms. The summed E-state index contributed by atoms with van der Waals surface area (Å²) in [5.74, 6) is 0.913.